The fourth-order valence-electron chi connectivity index (χ4n) is 1.36. The van der Waals surface area contributed by atoms with Crippen molar-refractivity contribution in [3.05, 3.63) is 35.9 Å². The third-order valence-corrected chi connectivity index (χ3v) is 1.95. The number of esters is 2. The van der Waals surface area contributed by atoms with Crippen molar-refractivity contribution >= 4 is 11.9 Å². The van der Waals surface area contributed by atoms with Crippen molar-refractivity contribution < 1.29 is 14.3 Å². The average molecular weight is 221 g/mol. The molecule has 0 fully saturated rings. The van der Waals surface area contributed by atoms with Crippen molar-refractivity contribution in [2.75, 3.05) is 13.6 Å². The number of carbonyl (C=O) groups is 2. The zero-order valence-corrected chi connectivity index (χ0v) is 9.47. The van der Waals surface area contributed by atoms with E-state index >= 15 is 0 Å². The average Bonchev–Trinajstić information content (AvgIpc) is 2.17. The molecule has 1 aromatic rings. The summed E-state index contributed by atoms with van der Waals surface area (Å²) in [4.78, 5) is 23.5. The minimum Gasteiger partial charge on any atom is -0.392 e. The highest BCUT2D eigenvalue weighted by molar-refractivity contribution is 5.85. The van der Waals surface area contributed by atoms with Gasteiger partial charge in [0.15, 0.2) is 0 Å². The van der Waals surface area contributed by atoms with Gasteiger partial charge in [-0.3, -0.25) is 14.5 Å². The fourth-order valence-corrected chi connectivity index (χ4v) is 1.36. The fraction of sp³-hybridized carbons (Fsp3) is 0.333. The Morgan fingerprint density at radius 3 is 2.44 bits per heavy atom. The molecule has 0 aliphatic heterocycles. The summed E-state index contributed by atoms with van der Waals surface area (Å²) >= 11 is 0. The number of carbonyl (C=O) groups excluding carboxylic acids is 2. The van der Waals surface area contributed by atoms with Gasteiger partial charge in [-0.2, -0.15) is 0 Å². The van der Waals surface area contributed by atoms with E-state index in [1.54, 1.807) is 11.9 Å². The van der Waals surface area contributed by atoms with Crippen LogP contribution in [-0.4, -0.2) is 30.4 Å². The molecule has 0 saturated heterocycles. The molecule has 86 valence electrons. The Kier molecular flexibility index (Phi) is 4.66. The molecule has 0 aliphatic carbocycles. The molecule has 4 heteroatoms. The lowest BCUT2D eigenvalue weighted by Gasteiger charge is -2.14. The van der Waals surface area contributed by atoms with Crippen LogP contribution in [0, 0.1) is 0 Å². The molecule has 0 unspecified atom stereocenters. The largest absolute Gasteiger partial charge is 0.392 e. The van der Waals surface area contributed by atoms with Crippen LogP contribution in [0.3, 0.4) is 0 Å². The summed E-state index contributed by atoms with van der Waals surface area (Å²) in [6.45, 7) is 1.97. The third kappa shape index (κ3) is 4.70. The Balaban J connectivity index is 2.39. The summed E-state index contributed by atoms with van der Waals surface area (Å²) in [5, 5.41) is 0. The van der Waals surface area contributed by atoms with Gasteiger partial charge in [-0.25, -0.2) is 0 Å². The molecule has 16 heavy (non-hydrogen) atoms. The van der Waals surface area contributed by atoms with Crippen molar-refractivity contribution in [2.45, 2.75) is 13.5 Å². The smallest absolute Gasteiger partial charge is 0.327 e. The number of rotatable bonds is 4. The summed E-state index contributed by atoms with van der Waals surface area (Å²) in [5.74, 6) is -1.09. The second-order valence-corrected chi connectivity index (χ2v) is 3.62. The molecule has 1 aromatic carbocycles. The lowest BCUT2D eigenvalue weighted by atomic mass is 10.2. The number of likely N-dealkylation sites (N-methyl/N-ethyl adjacent to an activating group) is 1. The molecule has 0 N–H and O–H groups in total. The first-order chi connectivity index (χ1) is 7.58. The molecule has 0 aliphatic rings. The summed E-state index contributed by atoms with van der Waals surface area (Å²) in [5.41, 5.74) is 1.11. The number of benzene rings is 1. The Labute approximate surface area is 94.8 Å². The highest BCUT2D eigenvalue weighted by atomic mass is 16.6. The van der Waals surface area contributed by atoms with Gasteiger partial charge < -0.3 is 4.74 Å². The van der Waals surface area contributed by atoms with Crippen LogP contribution < -0.4 is 0 Å². The first-order valence-electron chi connectivity index (χ1n) is 5.01. The maximum atomic E-state index is 11.2. The van der Waals surface area contributed by atoms with Crippen LogP contribution >= 0.6 is 0 Å². The number of hydrogen-bond donors (Lipinski definition) is 0. The number of hydrogen-bond acceptors (Lipinski definition) is 4. The first kappa shape index (κ1) is 12.4. The molecule has 0 saturated carbocycles. The predicted octanol–water partition coefficient (Wildman–Crippen LogP) is 1.21. The van der Waals surface area contributed by atoms with Crippen LogP contribution in [0.5, 0.6) is 0 Å². The molecule has 0 amide bonds. The number of nitrogens with zero attached hydrogens (tertiary/aromatic N) is 1. The monoisotopic (exact) mass is 221 g/mol. The normalized spacial score (nSPS) is 10.2. The van der Waals surface area contributed by atoms with Gasteiger partial charge in [-0.05, 0) is 12.6 Å². The van der Waals surface area contributed by atoms with E-state index in [-0.39, 0.29) is 6.54 Å². The molecular formula is C12H15NO3. The van der Waals surface area contributed by atoms with Crippen LogP contribution in [0.15, 0.2) is 30.3 Å². The van der Waals surface area contributed by atoms with Crippen LogP contribution in [0.1, 0.15) is 12.5 Å². The molecule has 0 aromatic heterocycles. The van der Waals surface area contributed by atoms with Gasteiger partial charge in [0.1, 0.15) is 0 Å². The van der Waals surface area contributed by atoms with Crippen molar-refractivity contribution in [2.24, 2.45) is 0 Å². The highest BCUT2D eigenvalue weighted by Crippen LogP contribution is 2.02. The van der Waals surface area contributed by atoms with E-state index in [1.165, 1.54) is 6.92 Å². The van der Waals surface area contributed by atoms with Crippen molar-refractivity contribution in [1.29, 1.82) is 0 Å². The Bertz CT molecular complexity index is 362. The quantitative estimate of drug-likeness (QED) is 0.566. The van der Waals surface area contributed by atoms with Crippen LogP contribution in [0.25, 0.3) is 0 Å². The SMILES string of the molecule is CC(=O)OC(=O)CN(C)Cc1ccccc1. The molecule has 4 nitrogen and oxygen atoms in total. The van der Waals surface area contributed by atoms with E-state index in [1.807, 2.05) is 30.3 Å². The third-order valence-electron chi connectivity index (χ3n) is 1.95. The Morgan fingerprint density at radius 2 is 1.88 bits per heavy atom. The van der Waals surface area contributed by atoms with E-state index in [9.17, 15) is 9.59 Å². The second kappa shape index (κ2) is 6.02. The molecule has 0 spiro atoms. The van der Waals surface area contributed by atoms with Crippen LogP contribution in [0.4, 0.5) is 0 Å². The van der Waals surface area contributed by atoms with Crippen molar-refractivity contribution in [3.63, 3.8) is 0 Å². The number of ether oxygens (including phenoxy) is 1. The minimum atomic E-state index is -0.571. The maximum absolute atomic E-state index is 11.2. The molecule has 0 radical (unpaired) electrons. The van der Waals surface area contributed by atoms with E-state index in [4.69, 9.17) is 0 Å². The second-order valence-electron chi connectivity index (χ2n) is 3.62. The first-order valence-corrected chi connectivity index (χ1v) is 5.01. The van der Waals surface area contributed by atoms with Crippen molar-refractivity contribution in [1.82, 2.24) is 4.90 Å². The van der Waals surface area contributed by atoms with Crippen molar-refractivity contribution in [3.8, 4) is 0 Å². The van der Waals surface area contributed by atoms with E-state index in [0.29, 0.717) is 6.54 Å². The minimum absolute atomic E-state index is 0.106. The predicted molar refractivity (Wildman–Crippen MR) is 59.5 cm³/mol. The molecule has 0 heterocycles. The molecule has 0 bridgehead atoms. The molecular weight excluding hydrogens is 206 g/mol. The maximum Gasteiger partial charge on any atom is 0.327 e. The van der Waals surface area contributed by atoms with Gasteiger partial charge in [0.05, 0.1) is 6.54 Å². The lowest BCUT2D eigenvalue weighted by molar-refractivity contribution is -0.158. The Morgan fingerprint density at radius 1 is 1.25 bits per heavy atom. The van der Waals surface area contributed by atoms with Crippen LogP contribution in [-0.2, 0) is 20.9 Å². The van der Waals surface area contributed by atoms with Gasteiger partial charge in [0.25, 0.3) is 0 Å². The summed E-state index contributed by atoms with van der Waals surface area (Å²) < 4.78 is 4.44. The molecule has 1 rings (SSSR count). The van der Waals surface area contributed by atoms with E-state index < -0.39 is 11.9 Å². The van der Waals surface area contributed by atoms with Crippen LogP contribution in [0.2, 0.25) is 0 Å². The lowest BCUT2D eigenvalue weighted by Crippen LogP contribution is -2.27. The topological polar surface area (TPSA) is 46.6 Å². The highest BCUT2D eigenvalue weighted by Gasteiger charge is 2.09. The van der Waals surface area contributed by atoms with Gasteiger partial charge >= 0.3 is 11.9 Å². The van der Waals surface area contributed by atoms with Gasteiger partial charge in [-0.15, -0.1) is 0 Å². The van der Waals surface area contributed by atoms with Gasteiger partial charge in [0.2, 0.25) is 0 Å². The zero-order chi connectivity index (χ0) is 12.0. The van der Waals surface area contributed by atoms with E-state index in [0.717, 1.165) is 5.56 Å². The van der Waals surface area contributed by atoms with Gasteiger partial charge in [-0.1, -0.05) is 30.3 Å². The Hall–Kier alpha value is -1.68. The zero-order valence-electron chi connectivity index (χ0n) is 9.47. The standard InChI is InChI=1S/C12H15NO3/c1-10(14)16-12(15)9-13(2)8-11-6-4-3-5-7-11/h3-7H,8-9H2,1-2H3. The van der Waals surface area contributed by atoms with E-state index in [2.05, 4.69) is 4.74 Å². The summed E-state index contributed by atoms with van der Waals surface area (Å²) in [6.07, 6.45) is 0. The summed E-state index contributed by atoms with van der Waals surface area (Å²) in [6, 6.07) is 9.78. The molecule has 0 atom stereocenters. The summed E-state index contributed by atoms with van der Waals surface area (Å²) in [7, 11) is 1.80. The van der Waals surface area contributed by atoms with Gasteiger partial charge in [0, 0.05) is 13.5 Å².